The average molecular weight is 327 g/mol. The Balaban J connectivity index is 2.59. The van der Waals surface area contributed by atoms with Crippen molar-refractivity contribution in [3.63, 3.8) is 0 Å². The van der Waals surface area contributed by atoms with Crippen LogP contribution in [0.15, 0.2) is 28.7 Å². The van der Waals surface area contributed by atoms with Crippen LogP contribution in [-0.4, -0.2) is 29.3 Å². The van der Waals surface area contributed by atoms with E-state index in [0.717, 1.165) is 10.0 Å². The molecule has 0 saturated heterocycles. The fourth-order valence-electron chi connectivity index (χ4n) is 1.81. The van der Waals surface area contributed by atoms with Crippen molar-refractivity contribution in [1.82, 2.24) is 4.90 Å². The summed E-state index contributed by atoms with van der Waals surface area (Å²) in [6.45, 7) is 3.73. The zero-order chi connectivity index (χ0) is 14.4. The van der Waals surface area contributed by atoms with Gasteiger partial charge in [-0.3, -0.25) is 9.59 Å². The standard InChI is InChI=1S/C14H19BrN2O2/c1-10(2)17(9-13(16)18)14(19)7-6-11-4-3-5-12(15)8-11/h3-5,8,10H,6-7,9H2,1-2H3,(H2,16,18). The van der Waals surface area contributed by atoms with Gasteiger partial charge in [0.1, 0.15) is 0 Å². The molecule has 0 aliphatic carbocycles. The first-order chi connectivity index (χ1) is 8.90. The fourth-order valence-corrected chi connectivity index (χ4v) is 2.26. The van der Waals surface area contributed by atoms with Gasteiger partial charge in [-0.05, 0) is 38.0 Å². The molecule has 0 heterocycles. The summed E-state index contributed by atoms with van der Waals surface area (Å²) in [6.07, 6.45) is 1.03. The molecule has 0 aromatic heterocycles. The number of halogens is 1. The van der Waals surface area contributed by atoms with Crippen LogP contribution in [0.5, 0.6) is 0 Å². The van der Waals surface area contributed by atoms with Crippen LogP contribution in [0.25, 0.3) is 0 Å². The summed E-state index contributed by atoms with van der Waals surface area (Å²) in [6, 6.07) is 7.82. The summed E-state index contributed by atoms with van der Waals surface area (Å²) in [5.74, 6) is -0.529. The molecule has 0 bridgehead atoms. The monoisotopic (exact) mass is 326 g/mol. The third-order valence-corrected chi connectivity index (χ3v) is 3.28. The summed E-state index contributed by atoms with van der Waals surface area (Å²) in [4.78, 5) is 24.6. The SMILES string of the molecule is CC(C)N(CC(N)=O)C(=O)CCc1cccc(Br)c1. The van der Waals surface area contributed by atoms with Crippen LogP contribution < -0.4 is 5.73 Å². The molecule has 104 valence electrons. The maximum Gasteiger partial charge on any atom is 0.237 e. The quantitative estimate of drug-likeness (QED) is 0.870. The Morgan fingerprint density at radius 3 is 2.58 bits per heavy atom. The maximum absolute atomic E-state index is 12.1. The Morgan fingerprint density at radius 2 is 2.05 bits per heavy atom. The summed E-state index contributed by atoms with van der Waals surface area (Å²) in [5.41, 5.74) is 6.25. The van der Waals surface area contributed by atoms with Gasteiger partial charge in [-0.15, -0.1) is 0 Å². The number of benzene rings is 1. The predicted molar refractivity (Wildman–Crippen MR) is 78.5 cm³/mol. The molecule has 0 aliphatic rings. The van der Waals surface area contributed by atoms with Crippen LogP contribution in [0.4, 0.5) is 0 Å². The molecule has 0 atom stereocenters. The smallest absolute Gasteiger partial charge is 0.237 e. The van der Waals surface area contributed by atoms with Crippen LogP contribution in [0.2, 0.25) is 0 Å². The number of nitrogens with two attached hydrogens (primary N) is 1. The van der Waals surface area contributed by atoms with Crippen LogP contribution in [0, 0.1) is 0 Å². The minimum Gasteiger partial charge on any atom is -0.368 e. The van der Waals surface area contributed by atoms with Crippen molar-refractivity contribution >= 4 is 27.7 Å². The Kier molecular flexibility index (Phi) is 6.02. The first-order valence-electron chi connectivity index (χ1n) is 6.22. The molecule has 0 unspecified atom stereocenters. The number of aryl methyl sites for hydroxylation is 1. The lowest BCUT2D eigenvalue weighted by molar-refractivity contribution is -0.136. The summed E-state index contributed by atoms with van der Waals surface area (Å²) in [7, 11) is 0. The van der Waals surface area contributed by atoms with Gasteiger partial charge in [0.25, 0.3) is 0 Å². The molecular weight excluding hydrogens is 308 g/mol. The minimum absolute atomic E-state index is 0.0189. The van der Waals surface area contributed by atoms with E-state index < -0.39 is 5.91 Å². The number of carbonyl (C=O) groups excluding carboxylic acids is 2. The van der Waals surface area contributed by atoms with Gasteiger partial charge in [0.05, 0.1) is 6.54 Å². The molecule has 1 rings (SSSR count). The number of hydrogen-bond acceptors (Lipinski definition) is 2. The third-order valence-electron chi connectivity index (χ3n) is 2.79. The van der Waals surface area contributed by atoms with Crippen LogP contribution in [0.1, 0.15) is 25.8 Å². The molecule has 2 amide bonds. The van der Waals surface area contributed by atoms with E-state index in [1.54, 1.807) is 0 Å². The molecule has 5 heteroatoms. The summed E-state index contributed by atoms with van der Waals surface area (Å²) >= 11 is 3.40. The Morgan fingerprint density at radius 1 is 1.37 bits per heavy atom. The molecule has 1 aromatic carbocycles. The number of amides is 2. The highest BCUT2D eigenvalue weighted by Gasteiger charge is 2.18. The van der Waals surface area contributed by atoms with Crippen molar-refractivity contribution in [3.8, 4) is 0 Å². The van der Waals surface area contributed by atoms with Crippen molar-refractivity contribution in [2.24, 2.45) is 5.73 Å². The fraction of sp³-hybridized carbons (Fsp3) is 0.429. The second kappa shape index (κ2) is 7.28. The van der Waals surface area contributed by atoms with E-state index in [0.29, 0.717) is 12.8 Å². The van der Waals surface area contributed by atoms with Crippen molar-refractivity contribution in [1.29, 1.82) is 0 Å². The highest BCUT2D eigenvalue weighted by molar-refractivity contribution is 9.10. The third kappa shape index (κ3) is 5.42. The van der Waals surface area contributed by atoms with Gasteiger partial charge in [0.15, 0.2) is 0 Å². The second-order valence-electron chi connectivity index (χ2n) is 4.71. The van der Waals surface area contributed by atoms with Crippen LogP contribution in [0.3, 0.4) is 0 Å². The summed E-state index contributed by atoms with van der Waals surface area (Å²) in [5, 5.41) is 0. The number of primary amides is 1. The molecule has 0 fully saturated rings. The van der Waals surface area contributed by atoms with E-state index in [2.05, 4.69) is 15.9 Å². The number of hydrogen-bond donors (Lipinski definition) is 1. The largest absolute Gasteiger partial charge is 0.368 e. The molecule has 4 nitrogen and oxygen atoms in total. The van der Waals surface area contributed by atoms with Crippen molar-refractivity contribution in [2.75, 3.05) is 6.54 Å². The molecule has 0 aliphatic heterocycles. The topological polar surface area (TPSA) is 63.4 Å². The lowest BCUT2D eigenvalue weighted by Crippen LogP contribution is -2.42. The first kappa shape index (κ1) is 15.7. The van der Waals surface area contributed by atoms with Gasteiger partial charge >= 0.3 is 0 Å². The number of nitrogens with zero attached hydrogens (tertiary/aromatic N) is 1. The van der Waals surface area contributed by atoms with E-state index in [1.807, 2.05) is 38.1 Å². The highest BCUT2D eigenvalue weighted by Crippen LogP contribution is 2.14. The Bertz CT molecular complexity index is 461. The van der Waals surface area contributed by atoms with Crippen LogP contribution >= 0.6 is 15.9 Å². The lowest BCUT2D eigenvalue weighted by atomic mass is 10.1. The average Bonchev–Trinajstić information content (AvgIpc) is 2.32. The Labute approximate surface area is 122 Å². The van der Waals surface area contributed by atoms with Crippen molar-refractivity contribution < 1.29 is 9.59 Å². The predicted octanol–water partition coefficient (Wildman–Crippen LogP) is 2.10. The van der Waals surface area contributed by atoms with Crippen molar-refractivity contribution in [2.45, 2.75) is 32.7 Å². The minimum atomic E-state index is -0.482. The van der Waals surface area contributed by atoms with Gasteiger partial charge in [-0.2, -0.15) is 0 Å². The van der Waals surface area contributed by atoms with Gasteiger partial charge < -0.3 is 10.6 Å². The van der Waals surface area contributed by atoms with E-state index >= 15 is 0 Å². The molecular formula is C14H19BrN2O2. The van der Waals surface area contributed by atoms with E-state index in [-0.39, 0.29) is 18.5 Å². The highest BCUT2D eigenvalue weighted by atomic mass is 79.9. The van der Waals surface area contributed by atoms with Crippen molar-refractivity contribution in [3.05, 3.63) is 34.3 Å². The maximum atomic E-state index is 12.1. The molecule has 0 radical (unpaired) electrons. The molecule has 1 aromatic rings. The second-order valence-corrected chi connectivity index (χ2v) is 5.63. The van der Waals surface area contributed by atoms with Gasteiger partial charge in [0.2, 0.25) is 11.8 Å². The molecule has 0 saturated carbocycles. The number of carbonyl (C=O) groups is 2. The van der Waals surface area contributed by atoms with E-state index in [9.17, 15) is 9.59 Å². The summed E-state index contributed by atoms with van der Waals surface area (Å²) < 4.78 is 0.996. The zero-order valence-corrected chi connectivity index (χ0v) is 12.8. The zero-order valence-electron chi connectivity index (χ0n) is 11.2. The lowest BCUT2D eigenvalue weighted by Gasteiger charge is -2.25. The normalized spacial score (nSPS) is 10.5. The van der Waals surface area contributed by atoms with Gasteiger partial charge in [-0.25, -0.2) is 0 Å². The Hall–Kier alpha value is -1.36. The van der Waals surface area contributed by atoms with E-state index in [1.165, 1.54) is 4.90 Å². The number of rotatable bonds is 6. The molecule has 2 N–H and O–H groups in total. The van der Waals surface area contributed by atoms with Crippen LogP contribution in [-0.2, 0) is 16.0 Å². The van der Waals surface area contributed by atoms with E-state index in [4.69, 9.17) is 5.73 Å². The molecule has 0 spiro atoms. The first-order valence-corrected chi connectivity index (χ1v) is 7.01. The molecule has 19 heavy (non-hydrogen) atoms. The van der Waals surface area contributed by atoms with Gasteiger partial charge in [0, 0.05) is 16.9 Å². The van der Waals surface area contributed by atoms with Gasteiger partial charge in [-0.1, -0.05) is 28.1 Å².